The van der Waals surface area contributed by atoms with Gasteiger partial charge >= 0.3 is 0 Å². The summed E-state index contributed by atoms with van der Waals surface area (Å²) in [6, 6.07) is 0. The minimum atomic E-state index is 0.373. The molecular weight excluding hydrogens is 123 g/mol. The maximum atomic E-state index is 3.57. The molecule has 0 fully saturated rings. The van der Waals surface area contributed by atoms with E-state index >= 15 is 0 Å². The maximum Gasteiger partial charge on any atom is 0.00581 e. The molecule has 0 saturated carbocycles. The van der Waals surface area contributed by atoms with Crippen LogP contribution in [0, 0.1) is 0 Å². The quantitative estimate of drug-likeness (QED) is 0.447. The van der Waals surface area contributed by atoms with Gasteiger partial charge in [0, 0.05) is 4.75 Å². The third kappa shape index (κ3) is 3.25. The molecule has 0 aromatic rings. The summed E-state index contributed by atoms with van der Waals surface area (Å²) in [6.45, 7) is 6.68. The van der Waals surface area contributed by atoms with Gasteiger partial charge in [0.15, 0.2) is 0 Å². The molecule has 44 valence electrons. The van der Waals surface area contributed by atoms with E-state index in [1.54, 1.807) is 0 Å². The molecule has 0 amide bonds. The molecule has 1 atom stereocenters. The van der Waals surface area contributed by atoms with Crippen molar-refractivity contribution >= 4 is 18.1 Å². The fourth-order valence-electron chi connectivity index (χ4n) is 0. The van der Waals surface area contributed by atoms with E-state index in [4.69, 9.17) is 0 Å². The molecule has 0 spiro atoms. The first-order valence-electron chi connectivity index (χ1n) is 2.32. The second-order valence-electron chi connectivity index (χ2n) is 2.62. The van der Waals surface area contributed by atoms with Crippen molar-refractivity contribution in [3.8, 4) is 0 Å². The van der Waals surface area contributed by atoms with Crippen molar-refractivity contribution < 1.29 is 0 Å². The highest BCUT2D eigenvalue weighted by molar-refractivity contribution is 8.16. The molecule has 0 aliphatic heterocycles. The van der Waals surface area contributed by atoms with Gasteiger partial charge in [-0.15, -0.1) is 0 Å². The highest BCUT2D eigenvalue weighted by Crippen LogP contribution is 2.11. The van der Waals surface area contributed by atoms with Crippen LogP contribution >= 0.6 is 8.02 Å². The third-order valence-electron chi connectivity index (χ3n) is 0.919. The molecular formula is C5H13PS. The van der Waals surface area contributed by atoms with Crippen LogP contribution < -0.4 is 0 Å². The molecule has 7 heavy (non-hydrogen) atoms. The maximum absolute atomic E-state index is 3.57. The van der Waals surface area contributed by atoms with Crippen LogP contribution in [-0.4, -0.2) is 11.0 Å². The topological polar surface area (TPSA) is 0 Å². The molecule has 0 nitrogen and oxygen atoms in total. The van der Waals surface area contributed by atoms with Gasteiger partial charge in [-0.05, 0) is 6.26 Å². The monoisotopic (exact) mass is 136 g/mol. The first-order chi connectivity index (χ1) is 2.94. The fourth-order valence-corrected chi connectivity index (χ4v) is 0. The highest BCUT2D eigenvalue weighted by Gasteiger charge is 2.08. The fraction of sp³-hybridized carbons (Fsp3) is 1.00. The van der Waals surface area contributed by atoms with Crippen molar-refractivity contribution in [3.63, 3.8) is 0 Å². The second-order valence-corrected chi connectivity index (χ2v) is 6.71. The molecule has 2 heteroatoms. The summed E-state index contributed by atoms with van der Waals surface area (Å²) in [7, 11) is 3.94. The Hall–Kier alpha value is 0.650. The van der Waals surface area contributed by atoms with Gasteiger partial charge in [-0.25, -0.2) is 0 Å². The summed E-state index contributed by atoms with van der Waals surface area (Å²) in [5.74, 6) is 0. The molecule has 0 N–H and O–H groups in total. The van der Waals surface area contributed by atoms with E-state index in [1.165, 1.54) is 0 Å². The lowest BCUT2D eigenvalue weighted by Crippen LogP contribution is -2.17. The van der Waals surface area contributed by atoms with Crippen molar-refractivity contribution in [2.45, 2.75) is 25.5 Å². The zero-order valence-electron chi connectivity index (χ0n) is 5.41. The Bertz CT molecular complexity index is 80.6. The third-order valence-corrected chi connectivity index (χ3v) is 4.59. The van der Waals surface area contributed by atoms with E-state index in [9.17, 15) is 0 Å². The summed E-state index contributed by atoms with van der Waals surface area (Å²) in [6.07, 6.45) is 2.19. The SMILES string of the molecule is CS(=P)C(C)(C)C. The summed E-state index contributed by atoms with van der Waals surface area (Å²) in [5.41, 5.74) is 0. The lowest BCUT2D eigenvalue weighted by molar-refractivity contribution is 0.802. The predicted octanol–water partition coefficient (Wildman–Crippen LogP) is 2.09. The van der Waals surface area contributed by atoms with E-state index in [0.29, 0.717) is 14.8 Å². The Morgan fingerprint density at radius 2 is 1.43 bits per heavy atom. The first-order valence-corrected chi connectivity index (χ1v) is 5.17. The molecule has 0 aliphatic rings. The number of hydrogen-bond donors (Lipinski definition) is 0. The van der Waals surface area contributed by atoms with Gasteiger partial charge in [-0.1, -0.05) is 28.8 Å². The van der Waals surface area contributed by atoms with Crippen LogP contribution in [0.5, 0.6) is 0 Å². The molecule has 1 unspecified atom stereocenters. The second kappa shape index (κ2) is 2.28. The van der Waals surface area contributed by atoms with Crippen LogP contribution in [-0.2, 0) is 10.1 Å². The predicted molar refractivity (Wildman–Crippen MR) is 41.4 cm³/mol. The zero-order chi connectivity index (χ0) is 6.08. The number of rotatable bonds is 0. The average Bonchev–Trinajstić information content (AvgIpc) is 1.31. The van der Waals surface area contributed by atoms with Gasteiger partial charge < -0.3 is 0 Å². The Labute approximate surface area is 50.5 Å². The Morgan fingerprint density at radius 3 is 1.43 bits per heavy atom. The largest absolute Gasteiger partial charge is 0.163 e. The zero-order valence-corrected chi connectivity index (χ0v) is 7.22. The van der Waals surface area contributed by atoms with Gasteiger partial charge in [-0.3, -0.25) is 0 Å². The van der Waals surface area contributed by atoms with Crippen molar-refractivity contribution in [2.75, 3.05) is 6.26 Å². The van der Waals surface area contributed by atoms with Crippen LogP contribution in [0.1, 0.15) is 20.8 Å². The van der Waals surface area contributed by atoms with Gasteiger partial charge in [0.2, 0.25) is 0 Å². The van der Waals surface area contributed by atoms with E-state index < -0.39 is 0 Å². The van der Waals surface area contributed by atoms with Crippen LogP contribution in [0.2, 0.25) is 0 Å². The van der Waals surface area contributed by atoms with Crippen molar-refractivity contribution in [2.24, 2.45) is 0 Å². The van der Waals surface area contributed by atoms with Crippen LogP contribution in [0.3, 0.4) is 0 Å². The minimum Gasteiger partial charge on any atom is -0.163 e. The normalized spacial score (nSPS) is 16.6. The van der Waals surface area contributed by atoms with E-state index in [-0.39, 0.29) is 0 Å². The van der Waals surface area contributed by atoms with Gasteiger partial charge in [0.1, 0.15) is 0 Å². The van der Waals surface area contributed by atoms with E-state index in [2.05, 4.69) is 35.0 Å². The van der Waals surface area contributed by atoms with Crippen LogP contribution in [0.4, 0.5) is 0 Å². The summed E-state index contributed by atoms with van der Waals surface area (Å²) in [5, 5.41) is 0. The lowest BCUT2D eigenvalue weighted by Gasteiger charge is -2.17. The van der Waals surface area contributed by atoms with E-state index in [0.717, 1.165) is 0 Å². The summed E-state index contributed by atoms with van der Waals surface area (Å²) >= 11 is 0. The average molecular weight is 136 g/mol. The molecule has 0 radical (unpaired) electrons. The molecule has 0 rings (SSSR count). The Morgan fingerprint density at radius 1 is 1.29 bits per heavy atom. The summed E-state index contributed by atoms with van der Waals surface area (Å²) in [4.78, 5) is 0. The molecule has 0 heterocycles. The van der Waals surface area contributed by atoms with Crippen LogP contribution in [0.25, 0.3) is 0 Å². The van der Waals surface area contributed by atoms with Crippen molar-refractivity contribution in [3.05, 3.63) is 0 Å². The highest BCUT2D eigenvalue weighted by atomic mass is 32.5. The molecule has 0 aromatic heterocycles. The Balaban J connectivity index is 3.79. The smallest absolute Gasteiger partial charge is 0.00581 e. The van der Waals surface area contributed by atoms with Crippen molar-refractivity contribution in [1.82, 2.24) is 0 Å². The molecule has 0 aromatic carbocycles. The minimum absolute atomic E-state index is 0.373. The molecule has 0 bridgehead atoms. The first kappa shape index (κ1) is 7.65. The molecule has 0 aliphatic carbocycles. The van der Waals surface area contributed by atoms with Gasteiger partial charge in [0.05, 0.1) is 0 Å². The summed E-state index contributed by atoms with van der Waals surface area (Å²) < 4.78 is 0.441. The standard InChI is InChI=1S/C5H13PS/c1-5(2,3)7(4)6/h6H,1-4H3. The van der Waals surface area contributed by atoms with Crippen LogP contribution in [0.15, 0.2) is 0 Å². The molecule has 0 saturated heterocycles. The number of hydrogen-bond acceptors (Lipinski definition) is 0. The van der Waals surface area contributed by atoms with Crippen molar-refractivity contribution in [1.29, 1.82) is 0 Å². The Kier molecular flexibility index (Phi) is 2.49. The lowest BCUT2D eigenvalue weighted by atomic mass is 10.3. The van der Waals surface area contributed by atoms with Gasteiger partial charge in [0.25, 0.3) is 0 Å². The van der Waals surface area contributed by atoms with E-state index in [1.807, 2.05) is 0 Å². The van der Waals surface area contributed by atoms with Gasteiger partial charge in [-0.2, -0.15) is 10.1 Å².